The van der Waals surface area contributed by atoms with E-state index in [1.807, 2.05) is 24.3 Å². The van der Waals surface area contributed by atoms with E-state index in [1.54, 1.807) is 39.3 Å². The molecule has 28 heavy (non-hydrogen) atoms. The molecule has 0 radical (unpaired) electrons. The van der Waals surface area contributed by atoms with Crippen molar-refractivity contribution in [2.24, 2.45) is 0 Å². The molecule has 1 amide bonds. The highest BCUT2D eigenvalue weighted by Gasteiger charge is 2.19. The molecule has 7 nitrogen and oxygen atoms in total. The number of thioether (sulfide) groups is 1. The summed E-state index contributed by atoms with van der Waals surface area (Å²) in [6.07, 6.45) is 0. The molecule has 0 aliphatic rings. The molecule has 0 saturated heterocycles. The standard InChI is InChI=1S/C19H18BrN3O4S/c1-11(17(24)21-14-8-15(25-2)10-16(9-14)26-3)28-19-23-22-18(27-19)12-4-6-13(20)7-5-12/h4-11H,1-3H3,(H,21,24). The predicted octanol–water partition coefficient (Wildman–Crippen LogP) is 4.64. The Balaban J connectivity index is 1.65. The maximum absolute atomic E-state index is 12.5. The summed E-state index contributed by atoms with van der Waals surface area (Å²) in [6.45, 7) is 1.76. The smallest absolute Gasteiger partial charge is 0.277 e. The number of amides is 1. The summed E-state index contributed by atoms with van der Waals surface area (Å²) in [4.78, 5) is 12.5. The Morgan fingerprint density at radius 2 is 1.75 bits per heavy atom. The van der Waals surface area contributed by atoms with Crippen molar-refractivity contribution >= 4 is 39.3 Å². The van der Waals surface area contributed by atoms with Gasteiger partial charge in [-0.1, -0.05) is 27.7 Å². The van der Waals surface area contributed by atoms with Crippen molar-refractivity contribution in [2.75, 3.05) is 19.5 Å². The highest BCUT2D eigenvalue weighted by atomic mass is 79.9. The molecule has 0 aliphatic carbocycles. The minimum absolute atomic E-state index is 0.205. The summed E-state index contributed by atoms with van der Waals surface area (Å²) in [5, 5.41) is 10.8. The van der Waals surface area contributed by atoms with Gasteiger partial charge in [-0.05, 0) is 31.2 Å². The number of hydrogen-bond donors (Lipinski definition) is 1. The number of halogens is 1. The number of anilines is 1. The lowest BCUT2D eigenvalue weighted by Crippen LogP contribution is -2.22. The average Bonchev–Trinajstić information content (AvgIpc) is 3.16. The highest BCUT2D eigenvalue weighted by molar-refractivity contribution is 9.10. The van der Waals surface area contributed by atoms with Gasteiger partial charge in [-0.3, -0.25) is 4.79 Å². The Hall–Kier alpha value is -2.52. The fourth-order valence-electron chi connectivity index (χ4n) is 2.29. The third-order valence-electron chi connectivity index (χ3n) is 3.76. The first kappa shape index (κ1) is 20.2. The summed E-state index contributed by atoms with van der Waals surface area (Å²) in [7, 11) is 3.11. The zero-order chi connectivity index (χ0) is 20.1. The van der Waals surface area contributed by atoms with E-state index in [0.717, 1.165) is 10.0 Å². The van der Waals surface area contributed by atoms with Gasteiger partial charge in [-0.25, -0.2) is 0 Å². The highest BCUT2D eigenvalue weighted by Crippen LogP contribution is 2.29. The molecule has 1 aromatic heterocycles. The first-order valence-electron chi connectivity index (χ1n) is 8.28. The lowest BCUT2D eigenvalue weighted by atomic mass is 10.2. The molecule has 1 N–H and O–H groups in total. The van der Waals surface area contributed by atoms with E-state index in [9.17, 15) is 4.79 Å². The van der Waals surface area contributed by atoms with Crippen molar-refractivity contribution in [3.8, 4) is 23.0 Å². The summed E-state index contributed by atoms with van der Waals surface area (Å²) < 4.78 is 17.1. The van der Waals surface area contributed by atoms with E-state index in [4.69, 9.17) is 13.9 Å². The van der Waals surface area contributed by atoms with Crippen LogP contribution in [-0.2, 0) is 4.79 Å². The fourth-order valence-corrected chi connectivity index (χ4v) is 3.24. The van der Waals surface area contributed by atoms with Gasteiger partial charge in [0.25, 0.3) is 5.22 Å². The molecular weight excluding hydrogens is 446 g/mol. The summed E-state index contributed by atoms with van der Waals surface area (Å²) in [5.41, 5.74) is 1.39. The van der Waals surface area contributed by atoms with Gasteiger partial charge in [0.05, 0.1) is 19.5 Å². The number of carbonyl (C=O) groups is 1. The summed E-state index contributed by atoms with van der Waals surface area (Å²) in [5.74, 6) is 1.38. The molecule has 0 fully saturated rings. The lowest BCUT2D eigenvalue weighted by Gasteiger charge is -2.12. The van der Waals surface area contributed by atoms with Gasteiger partial charge in [0.1, 0.15) is 11.5 Å². The molecule has 146 valence electrons. The van der Waals surface area contributed by atoms with E-state index < -0.39 is 5.25 Å². The number of benzene rings is 2. The van der Waals surface area contributed by atoms with E-state index in [1.165, 1.54) is 11.8 Å². The number of nitrogens with one attached hydrogen (secondary N) is 1. The largest absolute Gasteiger partial charge is 0.497 e. The van der Waals surface area contributed by atoms with Crippen LogP contribution in [0.15, 0.2) is 56.6 Å². The molecule has 3 rings (SSSR count). The maximum Gasteiger partial charge on any atom is 0.277 e. The molecule has 0 spiro atoms. The van der Waals surface area contributed by atoms with Gasteiger partial charge in [0.2, 0.25) is 11.8 Å². The van der Waals surface area contributed by atoms with Gasteiger partial charge in [-0.2, -0.15) is 0 Å². The van der Waals surface area contributed by atoms with Gasteiger partial charge in [-0.15, -0.1) is 10.2 Å². The van der Waals surface area contributed by atoms with Crippen LogP contribution < -0.4 is 14.8 Å². The zero-order valence-electron chi connectivity index (χ0n) is 15.4. The van der Waals surface area contributed by atoms with Crippen LogP contribution in [0.2, 0.25) is 0 Å². The molecule has 0 saturated carbocycles. The first-order chi connectivity index (χ1) is 13.5. The van der Waals surface area contributed by atoms with Crippen LogP contribution in [0, 0.1) is 0 Å². The molecule has 1 atom stereocenters. The second-order valence-electron chi connectivity index (χ2n) is 5.73. The molecule has 2 aromatic carbocycles. The monoisotopic (exact) mass is 463 g/mol. The van der Waals surface area contributed by atoms with Crippen molar-refractivity contribution in [3.63, 3.8) is 0 Å². The Morgan fingerprint density at radius 1 is 1.11 bits per heavy atom. The third-order valence-corrected chi connectivity index (χ3v) is 5.23. The van der Waals surface area contributed by atoms with E-state index in [2.05, 4.69) is 31.4 Å². The Bertz CT molecular complexity index is 940. The zero-order valence-corrected chi connectivity index (χ0v) is 17.8. The molecule has 9 heteroatoms. The van der Waals surface area contributed by atoms with Crippen LogP contribution in [0.3, 0.4) is 0 Å². The topological polar surface area (TPSA) is 86.5 Å². The van der Waals surface area contributed by atoms with E-state index in [0.29, 0.717) is 28.3 Å². The van der Waals surface area contributed by atoms with Crippen molar-refractivity contribution in [3.05, 3.63) is 46.9 Å². The van der Waals surface area contributed by atoms with E-state index in [-0.39, 0.29) is 5.91 Å². The van der Waals surface area contributed by atoms with Crippen LogP contribution in [0.1, 0.15) is 6.92 Å². The van der Waals surface area contributed by atoms with Crippen LogP contribution in [0.25, 0.3) is 11.5 Å². The molecule has 1 heterocycles. The summed E-state index contributed by atoms with van der Waals surface area (Å²) >= 11 is 4.57. The number of nitrogens with zero attached hydrogens (tertiary/aromatic N) is 2. The van der Waals surface area contributed by atoms with E-state index >= 15 is 0 Å². The van der Waals surface area contributed by atoms with Crippen LogP contribution in [0.4, 0.5) is 5.69 Å². The van der Waals surface area contributed by atoms with Gasteiger partial charge in [0, 0.05) is 33.9 Å². The second-order valence-corrected chi connectivity index (χ2v) is 7.94. The van der Waals surface area contributed by atoms with Gasteiger partial charge in [0.15, 0.2) is 0 Å². The molecule has 1 unspecified atom stereocenters. The number of ether oxygens (including phenoxy) is 2. The minimum Gasteiger partial charge on any atom is -0.497 e. The van der Waals surface area contributed by atoms with Gasteiger partial charge >= 0.3 is 0 Å². The predicted molar refractivity (Wildman–Crippen MR) is 111 cm³/mol. The first-order valence-corrected chi connectivity index (χ1v) is 9.96. The van der Waals surface area contributed by atoms with Crippen molar-refractivity contribution in [1.82, 2.24) is 10.2 Å². The number of methoxy groups -OCH3 is 2. The number of aromatic nitrogens is 2. The summed E-state index contributed by atoms with van der Waals surface area (Å²) in [6, 6.07) is 12.7. The Labute approximate surface area is 175 Å². The van der Waals surface area contributed by atoms with Crippen LogP contribution >= 0.6 is 27.7 Å². The van der Waals surface area contributed by atoms with Crippen molar-refractivity contribution in [1.29, 1.82) is 0 Å². The SMILES string of the molecule is COc1cc(NC(=O)C(C)Sc2nnc(-c3ccc(Br)cc3)o2)cc(OC)c1. The van der Waals surface area contributed by atoms with Crippen LogP contribution in [-0.4, -0.2) is 35.6 Å². The molecule has 0 aliphatic heterocycles. The lowest BCUT2D eigenvalue weighted by molar-refractivity contribution is -0.115. The molecular formula is C19H18BrN3O4S. The van der Waals surface area contributed by atoms with Crippen molar-refractivity contribution < 1.29 is 18.7 Å². The van der Waals surface area contributed by atoms with Crippen molar-refractivity contribution in [2.45, 2.75) is 17.4 Å². The third kappa shape index (κ3) is 5.05. The number of rotatable bonds is 7. The quantitative estimate of drug-likeness (QED) is 0.510. The Morgan fingerprint density at radius 3 is 2.36 bits per heavy atom. The fraction of sp³-hybridized carbons (Fsp3) is 0.211. The average molecular weight is 464 g/mol. The van der Waals surface area contributed by atoms with Gasteiger partial charge < -0.3 is 19.2 Å². The Kier molecular flexibility index (Phi) is 6.58. The second kappa shape index (κ2) is 9.11. The molecule has 3 aromatic rings. The normalized spacial score (nSPS) is 11.7. The number of hydrogen-bond acceptors (Lipinski definition) is 7. The molecule has 0 bridgehead atoms. The number of carbonyl (C=O) groups excluding carboxylic acids is 1. The maximum atomic E-state index is 12.5. The van der Waals surface area contributed by atoms with Crippen LogP contribution in [0.5, 0.6) is 11.5 Å². The minimum atomic E-state index is -0.449.